The summed E-state index contributed by atoms with van der Waals surface area (Å²) < 4.78 is 15.8. The highest BCUT2D eigenvalue weighted by atomic mass is 16.5. The lowest BCUT2D eigenvalue weighted by molar-refractivity contribution is -0.159. The van der Waals surface area contributed by atoms with Crippen LogP contribution >= 0.6 is 0 Å². The minimum Gasteiger partial charge on any atom is -0.497 e. The first-order chi connectivity index (χ1) is 11.5. The van der Waals surface area contributed by atoms with Gasteiger partial charge in [-0.3, -0.25) is 0 Å². The molecule has 0 aliphatic rings. The number of carboxylic acids is 2. The quantitative estimate of drug-likeness (QED) is 0.455. The highest BCUT2D eigenvalue weighted by Gasteiger charge is 2.04. The third kappa shape index (κ3) is 9.65. The number of nitrogens with one attached hydrogen (secondary N) is 1. The van der Waals surface area contributed by atoms with E-state index in [2.05, 4.69) is 5.32 Å². The lowest BCUT2D eigenvalue weighted by Crippen LogP contribution is -2.17. The SMILES string of the molecule is CCOCCCNCc1cc(OC)ccc1OC.O=C(O)C(=O)O. The highest BCUT2D eigenvalue weighted by molar-refractivity contribution is 6.27. The molecule has 24 heavy (non-hydrogen) atoms. The minimum absolute atomic E-state index is 0.770. The van der Waals surface area contributed by atoms with Gasteiger partial charge in [-0.2, -0.15) is 0 Å². The molecule has 1 aromatic rings. The smallest absolute Gasteiger partial charge is 0.414 e. The summed E-state index contributed by atoms with van der Waals surface area (Å²) in [5, 5.41) is 18.2. The van der Waals surface area contributed by atoms with E-state index in [0.29, 0.717) is 0 Å². The monoisotopic (exact) mass is 343 g/mol. The van der Waals surface area contributed by atoms with Crippen LogP contribution in [0.5, 0.6) is 11.5 Å². The second-order valence-electron chi connectivity index (χ2n) is 4.52. The number of carbonyl (C=O) groups is 2. The van der Waals surface area contributed by atoms with Gasteiger partial charge in [0, 0.05) is 25.3 Å². The first kappa shape index (κ1) is 21.7. The molecule has 0 fully saturated rings. The van der Waals surface area contributed by atoms with E-state index < -0.39 is 11.9 Å². The van der Waals surface area contributed by atoms with Gasteiger partial charge in [0.2, 0.25) is 0 Å². The average molecular weight is 343 g/mol. The third-order valence-electron chi connectivity index (χ3n) is 2.83. The van der Waals surface area contributed by atoms with Crippen molar-refractivity contribution in [1.29, 1.82) is 0 Å². The Kier molecular flexibility index (Phi) is 11.9. The first-order valence-electron chi connectivity index (χ1n) is 7.41. The second kappa shape index (κ2) is 13.1. The van der Waals surface area contributed by atoms with Crippen molar-refractivity contribution in [3.05, 3.63) is 23.8 Å². The van der Waals surface area contributed by atoms with Crippen LogP contribution in [0.4, 0.5) is 0 Å². The van der Waals surface area contributed by atoms with Gasteiger partial charge in [-0.15, -0.1) is 0 Å². The van der Waals surface area contributed by atoms with Gasteiger partial charge < -0.3 is 29.7 Å². The van der Waals surface area contributed by atoms with Gasteiger partial charge in [-0.05, 0) is 38.1 Å². The van der Waals surface area contributed by atoms with Crippen molar-refractivity contribution >= 4 is 11.9 Å². The molecule has 0 heterocycles. The van der Waals surface area contributed by atoms with Crippen LogP contribution in [-0.4, -0.2) is 56.1 Å². The Hall–Kier alpha value is -2.32. The van der Waals surface area contributed by atoms with Crippen molar-refractivity contribution in [3.8, 4) is 11.5 Å². The number of aliphatic carboxylic acids is 2. The van der Waals surface area contributed by atoms with Gasteiger partial charge in [0.1, 0.15) is 11.5 Å². The van der Waals surface area contributed by atoms with Gasteiger partial charge >= 0.3 is 11.9 Å². The van der Waals surface area contributed by atoms with Gasteiger partial charge in [0.05, 0.1) is 14.2 Å². The molecule has 0 aliphatic carbocycles. The van der Waals surface area contributed by atoms with Crippen molar-refractivity contribution in [3.63, 3.8) is 0 Å². The molecule has 0 saturated heterocycles. The number of methoxy groups -OCH3 is 2. The maximum Gasteiger partial charge on any atom is 0.414 e. The summed E-state index contributed by atoms with van der Waals surface area (Å²) in [6, 6.07) is 5.82. The molecule has 3 N–H and O–H groups in total. The molecule has 0 radical (unpaired) electrons. The zero-order chi connectivity index (χ0) is 18.4. The molecular formula is C16H25NO7. The fraction of sp³-hybridized carbons (Fsp3) is 0.500. The van der Waals surface area contributed by atoms with E-state index in [1.807, 2.05) is 25.1 Å². The predicted octanol–water partition coefficient (Wildman–Crippen LogP) is 1.38. The van der Waals surface area contributed by atoms with Crippen LogP contribution < -0.4 is 14.8 Å². The van der Waals surface area contributed by atoms with E-state index in [4.69, 9.17) is 34.0 Å². The molecule has 0 unspecified atom stereocenters. The van der Waals surface area contributed by atoms with Gasteiger partial charge in [-0.25, -0.2) is 9.59 Å². The zero-order valence-electron chi connectivity index (χ0n) is 14.2. The number of ether oxygens (including phenoxy) is 3. The summed E-state index contributed by atoms with van der Waals surface area (Å²) in [5.74, 6) is -1.92. The van der Waals surface area contributed by atoms with E-state index in [1.54, 1.807) is 14.2 Å². The number of rotatable bonds is 9. The van der Waals surface area contributed by atoms with Crippen LogP contribution in [-0.2, 0) is 20.9 Å². The molecule has 0 bridgehead atoms. The van der Waals surface area contributed by atoms with E-state index >= 15 is 0 Å². The van der Waals surface area contributed by atoms with Crippen LogP contribution in [0, 0.1) is 0 Å². The summed E-state index contributed by atoms with van der Waals surface area (Å²) in [6.45, 7) is 5.30. The number of hydrogen-bond acceptors (Lipinski definition) is 6. The predicted molar refractivity (Wildman–Crippen MR) is 87.6 cm³/mol. The fourth-order valence-corrected chi connectivity index (χ4v) is 1.69. The molecule has 136 valence electrons. The zero-order valence-corrected chi connectivity index (χ0v) is 14.2. The van der Waals surface area contributed by atoms with Crippen molar-refractivity contribution in [1.82, 2.24) is 5.32 Å². The Morgan fingerprint density at radius 3 is 2.29 bits per heavy atom. The molecule has 1 rings (SSSR count). The van der Waals surface area contributed by atoms with Crippen molar-refractivity contribution in [2.75, 3.05) is 34.0 Å². The van der Waals surface area contributed by atoms with Crippen molar-refractivity contribution in [2.24, 2.45) is 0 Å². The standard InChI is InChI=1S/C14H23NO3.C2H2O4/c1-4-18-9-5-8-15-11-12-10-13(16-2)6-7-14(12)17-3;3-1(4)2(5)6/h6-7,10,15H,4-5,8-9,11H2,1-3H3;(H,3,4)(H,5,6). The topological polar surface area (TPSA) is 114 Å². The maximum absolute atomic E-state index is 9.10. The van der Waals surface area contributed by atoms with E-state index in [-0.39, 0.29) is 0 Å². The third-order valence-corrected chi connectivity index (χ3v) is 2.83. The Morgan fingerprint density at radius 2 is 1.79 bits per heavy atom. The van der Waals surface area contributed by atoms with Crippen LogP contribution in [0.1, 0.15) is 18.9 Å². The minimum atomic E-state index is -1.82. The Bertz CT molecular complexity index is 493. The van der Waals surface area contributed by atoms with Crippen LogP contribution in [0.25, 0.3) is 0 Å². The fourth-order valence-electron chi connectivity index (χ4n) is 1.69. The molecule has 0 amide bonds. The number of carboxylic acid groups (broad SMARTS) is 2. The van der Waals surface area contributed by atoms with E-state index in [1.165, 1.54) is 0 Å². The van der Waals surface area contributed by atoms with E-state index in [9.17, 15) is 0 Å². The second-order valence-corrected chi connectivity index (χ2v) is 4.52. The lowest BCUT2D eigenvalue weighted by atomic mass is 10.2. The molecule has 8 heteroatoms. The molecule has 0 saturated carbocycles. The molecule has 8 nitrogen and oxygen atoms in total. The number of hydrogen-bond donors (Lipinski definition) is 3. The summed E-state index contributed by atoms with van der Waals surface area (Å²) in [7, 11) is 3.35. The Balaban J connectivity index is 0.000000754. The Labute approximate surface area is 141 Å². The normalized spacial score (nSPS) is 9.62. The summed E-state index contributed by atoms with van der Waals surface area (Å²) >= 11 is 0. The molecule has 0 spiro atoms. The van der Waals surface area contributed by atoms with Gasteiger partial charge in [0.25, 0.3) is 0 Å². The summed E-state index contributed by atoms with van der Waals surface area (Å²) in [6.07, 6.45) is 1.01. The van der Waals surface area contributed by atoms with Crippen LogP contribution in [0.2, 0.25) is 0 Å². The molecule has 0 aliphatic heterocycles. The van der Waals surface area contributed by atoms with Crippen molar-refractivity contribution in [2.45, 2.75) is 19.9 Å². The van der Waals surface area contributed by atoms with Gasteiger partial charge in [-0.1, -0.05) is 0 Å². The van der Waals surface area contributed by atoms with Crippen LogP contribution in [0.15, 0.2) is 18.2 Å². The Morgan fingerprint density at radius 1 is 1.12 bits per heavy atom. The van der Waals surface area contributed by atoms with Gasteiger partial charge in [0.15, 0.2) is 0 Å². The lowest BCUT2D eigenvalue weighted by Gasteiger charge is -2.11. The average Bonchev–Trinajstić information content (AvgIpc) is 2.58. The number of benzene rings is 1. The van der Waals surface area contributed by atoms with E-state index in [0.717, 1.165) is 49.8 Å². The van der Waals surface area contributed by atoms with Crippen LogP contribution in [0.3, 0.4) is 0 Å². The first-order valence-corrected chi connectivity index (χ1v) is 7.41. The molecule has 0 atom stereocenters. The highest BCUT2D eigenvalue weighted by Crippen LogP contribution is 2.23. The molecule has 1 aromatic carbocycles. The summed E-state index contributed by atoms with van der Waals surface area (Å²) in [5.41, 5.74) is 1.10. The maximum atomic E-state index is 9.10. The van der Waals surface area contributed by atoms with Crippen molar-refractivity contribution < 1.29 is 34.0 Å². The molecular weight excluding hydrogens is 318 g/mol. The largest absolute Gasteiger partial charge is 0.497 e. The molecule has 0 aromatic heterocycles. The summed E-state index contributed by atoms with van der Waals surface area (Å²) in [4.78, 5) is 18.2.